The number of hydrogen-bond acceptors (Lipinski definition) is 1. The van der Waals surface area contributed by atoms with E-state index in [0.29, 0.717) is 5.92 Å². The molecule has 0 fully saturated rings. The van der Waals surface area contributed by atoms with E-state index in [4.69, 9.17) is 11.6 Å². The van der Waals surface area contributed by atoms with Crippen LogP contribution in [-0.4, -0.2) is 5.33 Å². The van der Waals surface area contributed by atoms with Crippen LogP contribution in [0, 0.1) is 5.92 Å². The topological polar surface area (TPSA) is 0 Å². The van der Waals surface area contributed by atoms with Crippen LogP contribution < -0.4 is 0 Å². The Hall–Kier alpha value is 0.690. The number of hydrogen-bond donors (Lipinski definition) is 0. The van der Waals surface area contributed by atoms with Gasteiger partial charge in [0, 0.05) is 14.7 Å². The Labute approximate surface area is 111 Å². The Bertz CT molecular complexity index is 322. The molecular formula is C10H11Br2ClS. The summed E-state index contributed by atoms with van der Waals surface area (Å²) in [5, 5.41) is 0.914. The van der Waals surface area contributed by atoms with E-state index < -0.39 is 0 Å². The van der Waals surface area contributed by atoms with Crippen LogP contribution in [0.5, 0.6) is 0 Å². The first kappa shape index (κ1) is 12.8. The van der Waals surface area contributed by atoms with Gasteiger partial charge in [-0.05, 0) is 34.0 Å². The van der Waals surface area contributed by atoms with Crippen LogP contribution >= 0.6 is 54.8 Å². The van der Waals surface area contributed by atoms with Gasteiger partial charge in [0.15, 0.2) is 0 Å². The van der Waals surface area contributed by atoms with Gasteiger partial charge < -0.3 is 0 Å². The van der Waals surface area contributed by atoms with Crippen molar-refractivity contribution in [3.8, 4) is 0 Å². The standard InChI is InChI=1S/C10H11Br2ClS/c1-6(2)7(5-11)3-8-4-9(12)10(13)14-8/h3-4,6H,5H2,1-2H3. The first-order valence-electron chi connectivity index (χ1n) is 4.26. The second-order valence-corrected chi connectivity index (χ2v) is 6.38. The molecule has 0 aromatic carbocycles. The normalized spacial score (nSPS) is 12.6. The van der Waals surface area contributed by atoms with Gasteiger partial charge in [0.25, 0.3) is 0 Å². The maximum absolute atomic E-state index is 5.97. The predicted molar refractivity (Wildman–Crippen MR) is 73.6 cm³/mol. The molecule has 4 heteroatoms. The molecule has 0 aliphatic heterocycles. The van der Waals surface area contributed by atoms with Crippen LogP contribution in [0.3, 0.4) is 0 Å². The van der Waals surface area contributed by atoms with E-state index in [0.717, 1.165) is 14.1 Å². The lowest BCUT2D eigenvalue weighted by Gasteiger charge is -2.06. The molecule has 0 saturated carbocycles. The Kier molecular flexibility index (Phi) is 5.18. The summed E-state index contributed by atoms with van der Waals surface area (Å²) in [6.45, 7) is 4.38. The van der Waals surface area contributed by atoms with E-state index in [2.05, 4.69) is 57.8 Å². The third kappa shape index (κ3) is 3.37. The number of rotatable bonds is 3. The summed E-state index contributed by atoms with van der Waals surface area (Å²) >= 11 is 14.5. The molecule has 0 bridgehead atoms. The number of thiophene rings is 1. The minimum absolute atomic E-state index is 0.564. The molecule has 0 unspecified atom stereocenters. The van der Waals surface area contributed by atoms with Gasteiger partial charge in [-0.3, -0.25) is 0 Å². The number of halogens is 3. The van der Waals surface area contributed by atoms with Crippen molar-refractivity contribution in [3.05, 3.63) is 25.3 Å². The first-order chi connectivity index (χ1) is 6.54. The quantitative estimate of drug-likeness (QED) is 0.617. The van der Waals surface area contributed by atoms with Crippen LogP contribution in [0.2, 0.25) is 4.34 Å². The molecule has 0 N–H and O–H groups in total. The summed E-state index contributed by atoms with van der Waals surface area (Å²) in [6.07, 6.45) is 2.20. The highest BCUT2D eigenvalue weighted by atomic mass is 79.9. The largest absolute Gasteiger partial charge is 0.123 e. The zero-order valence-corrected chi connectivity index (χ0v) is 12.7. The lowest BCUT2D eigenvalue weighted by Crippen LogP contribution is -1.93. The third-order valence-electron chi connectivity index (χ3n) is 1.89. The number of alkyl halides is 1. The lowest BCUT2D eigenvalue weighted by molar-refractivity contribution is 0.781. The molecule has 78 valence electrons. The molecule has 0 aliphatic rings. The van der Waals surface area contributed by atoms with Gasteiger partial charge in [-0.25, -0.2) is 0 Å². The van der Waals surface area contributed by atoms with Crippen molar-refractivity contribution in [1.29, 1.82) is 0 Å². The lowest BCUT2D eigenvalue weighted by atomic mass is 10.1. The van der Waals surface area contributed by atoms with Crippen molar-refractivity contribution in [1.82, 2.24) is 0 Å². The molecule has 0 spiro atoms. The fourth-order valence-electron chi connectivity index (χ4n) is 0.977. The van der Waals surface area contributed by atoms with Crippen LogP contribution in [0.25, 0.3) is 6.08 Å². The summed E-state index contributed by atoms with van der Waals surface area (Å²) < 4.78 is 1.79. The molecule has 14 heavy (non-hydrogen) atoms. The van der Waals surface area contributed by atoms with Gasteiger partial charge in [0.1, 0.15) is 4.34 Å². The summed E-state index contributed by atoms with van der Waals surface area (Å²) in [7, 11) is 0. The first-order valence-corrected chi connectivity index (χ1v) is 7.36. The van der Waals surface area contributed by atoms with E-state index in [9.17, 15) is 0 Å². The smallest absolute Gasteiger partial charge is 0.108 e. The fourth-order valence-corrected chi connectivity index (χ4v) is 3.50. The molecule has 1 aromatic rings. The summed E-state index contributed by atoms with van der Waals surface area (Å²) in [6, 6.07) is 2.05. The highest BCUT2D eigenvalue weighted by Gasteiger charge is 2.05. The molecule has 0 aliphatic carbocycles. The average molecular weight is 359 g/mol. The maximum atomic E-state index is 5.97. The highest BCUT2D eigenvalue weighted by molar-refractivity contribution is 9.10. The monoisotopic (exact) mass is 356 g/mol. The van der Waals surface area contributed by atoms with Crippen LogP contribution in [0.4, 0.5) is 0 Å². The zero-order valence-electron chi connectivity index (χ0n) is 7.98. The molecule has 0 nitrogen and oxygen atoms in total. The fraction of sp³-hybridized carbons (Fsp3) is 0.400. The van der Waals surface area contributed by atoms with E-state index in [1.807, 2.05) is 0 Å². The minimum Gasteiger partial charge on any atom is -0.123 e. The minimum atomic E-state index is 0.564. The van der Waals surface area contributed by atoms with Crippen molar-refractivity contribution in [2.24, 2.45) is 5.92 Å². The predicted octanol–water partition coefficient (Wildman–Crippen LogP) is 5.60. The van der Waals surface area contributed by atoms with Crippen molar-refractivity contribution >= 4 is 60.9 Å². The molecule has 1 rings (SSSR count). The van der Waals surface area contributed by atoms with Gasteiger partial charge in [0.2, 0.25) is 0 Å². The van der Waals surface area contributed by atoms with Crippen LogP contribution in [0.15, 0.2) is 16.1 Å². The van der Waals surface area contributed by atoms with Gasteiger partial charge in [-0.1, -0.05) is 47.0 Å². The highest BCUT2D eigenvalue weighted by Crippen LogP contribution is 2.33. The van der Waals surface area contributed by atoms with Crippen molar-refractivity contribution < 1.29 is 0 Å². The molecule has 0 atom stereocenters. The zero-order chi connectivity index (χ0) is 10.7. The summed E-state index contributed by atoms with van der Waals surface area (Å²) in [5.41, 5.74) is 1.38. The molecule has 0 amide bonds. The van der Waals surface area contributed by atoms with Gasteiger partial charge in [-0.15, -0.1) is 11.3 Å². The van der Waals surface area contributed by atoms with Crippen molar-refractivity contribution in [2.45, 2.75) is 13.8 Å². The Balaban J connectivity index is 2.94. The van der Waals surface area contributed by atoms with Crippen LogP contribution in [0.1, 0.15) is 18.7 Å². The summed E-state index contributed by atoms with van der Waals surface area (Å²) in [4.78, 5) is 1.20. The van der Waals surface area contributed by atoms with Crippen LogP contribution in [-0.2, 0) is 0 Å². The molecule has 1 heterocycles. The SMILES string of the molecule is CC(C)C(=Cc1cc(Br)c(Cl)s1)CBr. The van der Waals surface area contributed by atoms with E-state index in [-0.39, 0.29) is 0 Å². The summed E-state index contributed by atoms with van der Waals surface area (Å²) in [5.74, 6) is 0.564. The van der Waals surface area contributed by atoms with Crippen molar-refractivity contribution in [3.63, 3.8) is 0 Å². The van der Waals surface area contributed by atoms with Gasteiger partial charge in [-0.2, -0.15) is 0 Å². The Morgan fingerprint density at radius 1 is 1.64 bits per heavy atom. The van der Waals surface area contributed by atoms with Crippen molar-refractivity contribution in [2.75, 3.05) is 5.33 Å². The molecule has 1 aromatic heterocycles. The molecule has 0 radical (unpaired) electrons. The van der Waals surface area contributed by atoms with E-state index >= 15 is 0 Å². The average Bonchev–Trinajstić information content (AvgIpc) is 2.41. The van der Waals surface area contributed by atoms with Gasteiger partial charge >= 0.3 is 0 Å². The third-order valence-corrected chi connectivity index (χ3v) is 4.96. The molecular weight excluding hydrogens is 347 g/mol. The second kappa shape index (κ2) is 5.69. The number of allylic oxidation sites excluding steroid dienone is 1. The second-order valence-electron chi connectivity index (χ2n) is 3.28. The van der Waals surface area contributed by atoms with Gasteiger partial charge in [0.05, 0.1) is 0 Å². The molecule has 0 saturated heterocycles. The maximum Gasteiger partial charge on any atom is 0.108 e. The van der Waals surface area contributed by atoms with E-state index in [1.165, 1.54) is 10.5 Å². The van der Waals surface area contributed by atoms with E-state index in [1.54, 1.807) is 11.3 Å². The Morgan fingerprint density at radius 3 is 2.64 bits per heavy atom. The Morgan fingerprint density at radius 2 is 2.29 bits per heavy atom.